The molecule has 2 aliphatic rings. The summed E-state index contributed by atoms with van der Waals surface area (Å²) in [6, 6.07) is 0.492. The van der Waals surface area contributed by atoms with Gasteiger partial charge in [0.2, 0.25) is 5.91 Å². The number of nitrogens with one attached hydrogen (secondary N) is 1. The molecule has 2 saturated heterocycles. The second kappa shape index (κ2) is 6.05. The molecule has 2 rings (SSSR count). The summed E-state index contributed by atoms with van der Waals surface area (Å²) in [7, 11) is 0. The largest absolute Gasteiger partial charge is 0.338 e. The van der Waals surface area contributed by atoms with Gasteiger partial charge in [0, 0.05) is 12.6 Å². The van der Waals surface area contributed by atoms with Crippen molar-refractivity contribution in [1.29, 1.82) is 0 Å². The van der Waals surface area contributed by atoms with Gasteiger partial charge in [-0.25, -0.2) is 0 Å². The van der Waals surface area contributed by atoms with E-state index in [0.29, 0.717) is 17.9 Å². The standard InChI is InChI=1S/C15H28N2O/c1-4-13-7-8-16-14(10-13)15(18)17-9-5-6-11(2)12(17)3/h11-14,16H,4-10H2,1-3H3. The van der Waals surface area contributed by atoms with Gasteiger partial charge in [0.05, 0.1) is 6.04 Å². The summed E-state index contributed by atoms with van der Waals surface area (Å²) in [6.45, 7) is 8.68. The lowest BCUT2D eigenvalue weighted by molar-refractivity contribution is -0.139. The van der Waals surface area contributed by atoms with Crippen LogP contribution < -0.4 is 5.32 Å². The number of hydrogen-bond donors (Lipinski definition) is 1. The minimum absolute atomic E-state index is 0.0800. The van der Waals surface area contributed by atoms with Crippen molar-refractivity contribution in [2.75, 3.05) is 13.1 Å². The van der Waals surface area contributed by atoms with Gasteiger partial charge in [0.15, 0.2) is 0 Å². The molecule has 104 valence electrons. The lowest BCUT2D eigenvalue weighted by Gasteiger charge is -2.41. The predicted octanol–water partition coefficient (Wildman–Crippen LogP) is 2.41. The summed E-state index contributed by atoms with van der Waals surface area (Å²) in [6.07, 6.45) is 5.90. The fourth-order valence-corrected chi connectivity index (χ4v) is 3.40. The van der Waals surface area contributed by atoms with E-state index >= 15 is 0 Å². The van der Waals surface area contributed by atoms with E-state index in [2.05, 4.69) is 31.0 Å². The smallest absolute Gasteiger partial charge is 0.239 e. The average molecular weight is 252 g/mol. The van der Waals surface area contributed by atoms with Gasteiger partial charge in [-0.1, -0.05) is 20.3 Å². The van der Waals surface area contributed by atoms with E-state index in [1.807, 2.05) is 0 Å². The van der Waals surface area contributed by atoms with E-state index < -0.39 is 0 Å². The second-order valence-corrected chi connectivity index (χ2v) is 6.20. The van der Waals surface area contributed by atoms with Crippen molar-refractivity contribution < 1.29 is 4.79 Å². The molecule has 3 nitrogen and oxygen atoms in total. The Morgan fingerprint density at radius 2 is 2.11 bits per heavy atom. The van der Waals surface area contributed by atoms with Gasteiger partial charge >= 0.3 is 0 Å². The number of nitrogens with zero attached hydrogens (tertiary/aromatic N) is 1. The van der Waals surface area contributed by atoms with Crippen LogP contribution in [0.2, 0.25) is 0 Å². The molecular weight excluding hydrogens is 224 g/mol. The van der Waals surface area contributed by atoms with Crippen LogP contribution in [0.3, 0.4) is 0 Å². The van der Waals surface area contributed by atoms with Crippen LogP contribution in [-0.4, -0.2) is 36.0 Å². The van der Waals surface area contributed by atoms with E-state index in [0.717, 1.165) is 25.4 Å². The highest BCUT2D eigenvalue weighted by Crippen LogP contribution is 2.26. The minimum atomic E-state index is 0.0800. The molecule has 18 heavy (non-hydrogen) atoms. The number of carbonyl (C=O) groups is 1. The molecule has 0 aliphatic carbocycles. The van der Waals surface area contributed by atoms with Crippen molar-refractivity contribution in [2.24, 2.45) is 11.8 Å². The molecule has 2 heterocycles. The van der Waals surface area contributed by atoms with Crippen molar-refractivity contribution in [2.45, 2.75) is 65.0 Å². The molecule has 0 bridgehead atoms. The van der Waals surface area contributed by atoms with Gasteiger partial charge in [-0.3, -0.25) is 4.79 Å². The van der Waals surface area contributed by atoms with Crippen molar-refractivity contribution in [3.8, 4) is 0 Å². The number of amides is 1. The monoisotopic (exact) mass is 252 g/mol. The van der Waals surface area contributed by atoms with Gasteiger partial charge in [-0.15, -0.1) is 0 Å². The van der Waals surface area contributed by atoms with E-state index in [1.54, 1.807) is 0 Å². The lowest BCUT2D eigenvalue weighted by Crippen LogP contribution is -2.55. The first-order valence-corrected chi connectivity index (χ1v) is 7.67. The highest BCUT2D eigenvalue weighted by molar-refractivity contribution is 5.82. The summed E-state index contributed by atoms with van der Waals surface area (Å²) >= 11 is 0. The zero-order valence-corrected chi connectivity index (χ0v) is 12.1. The zero-order chi connectivity index (χ0) is 13.1. The van der Waals surface area contributed by atoms with Gasteiger partial charge in [-0.05, 0) is 51.0 Å². The number of rotatable bonds is 2. The number of piperidine rings is 2. The quantitative estimate of drug-likeness (QED) is 0.818. The second-order valence-electron chi connectivity index (χ2n) is 6.20. The Hall–Kier alpha value is -0.570. The number of carbonyl (C=O) groups excluding carboxylic acids is 1. The molecule has 3 heteroatoms. The van der Waals surface area contributed by atoms with Gasteiger partial charge in [0.25, 0.3) is 0 Å². The van der Waals surface area contributed by atoms with E-state index in [-0.39, 0.29) is 6.04 Å². The Kier molecular flexibility index (Phi) is 4.66. The molecule has 1 amide bonds. The fourth-order valence-electron chi connectivity index (χ4n) is 3.40. The van der Waals surface area contributed by atoms with Crippen molar-refractivity contribution in [3.05, 3.63) is 0 Å². The number of hydrogen-bond acceptors (Lipinski definition) is 2. The molecule has 2 fully saturated rings. The van der Waals surface area contributed by atoms with Crippen LogP contribution in [0.5, 0.6) is 0 Å². The zero-order valence-electron chi connectivity index (χ0n) is 12.1. The molecule has 0 saturated carbocycles. The molecule has 0 aromatic carbocycles. The molecule has 0 aromatic heterocycles. The normalized spacial score (nSPS) is 37.6. The molecular formula is C15H28N2O. The third-order valence-corrected chi connectivity index (χ3v) is 5.04. The minimum Gasteiger partial charge on any atom is -0.338 e. The van der Waals surface area contributed by atoms with Crippen LogP contribution in [-0.2, 0) is 4.79 Å². The number of likely N-dealkylation sites (tertiary alicyclic amines) is 1. The van der Waals surface area contributed by atoms with Crippen molar-refractivity contribution in [3.63, 3.8) is 0 Å². The van der Waals surface area contributed by atoms with E-state index in [9.17, 15) is 4.79 Å². The maximum absolute atomic E-state index is 12.6. The van der Waals surface area contributed by atoms with Crippen LogP contribution >= 0.6 is 0 Å². The molecule has 1 N–H and O–H groups in total. The predicted molar refractivity (Wildman–Crippen MR) is 74.4 cm³/mol. The Labute approximate surface area is 111 Å². The Balaban J connectivity index is 1.97. The molecule has 4 atom stereocenters. The Morgan fingerprint density at radius 3 is 2.83 bits per heavy atom. The maximum Gasteiger partial charge on any atom is 0.239 e. The van der Waals surface area contributed by atoms with Gasteiger partial charge < -0.3 is 10.2 Å². The molecule has 2 aliphatic heterocycles. The van der Waals surface area contributed by atoms with E-state index in [1.165, 1.54) is 25.7 Å². The first-order valence-electron chi connectivity index (χ1n) is 7.67. The average Bonchev–Trinajstić information content (AvgIpc) is 2.41. The summed E-state index contributed by atoms with van der Waals surface area (Å²) in [5.41, 5.74) is 0. The van der Waals surface area contributed by atoms with Crippen LogP contribution in [0.4, 0.5) is 0 Å². The highest BCUT2D eigenvalue weighted by Gasteiger charge is 2.34. The van der Waals surface area contributed by atoms with Gasteiger partial charge in [0.1, 0.15) is 0 Å². The van der Waals surface area contributed by atoms with Crippen molar-refractivity contribution in [1.82, 2.24) is 10.2 Å². The first kappa shape index (κ1) is 13.9. The van der Waals surface area contributed by atoms with Crippen LogP contribution in [0.25, 0.3) is 0 Å². The van der Waals surface area contributed by atoms with E-state index in [4.69, 9.17) is 0 Å². The molecule has 0 spiro atoms. The Morgan fingerprint density at radius 1 is 1.33 bits per heavy atom. The summed E-state index contributed by atoms with van der Waals surface area (Å²) in [5, 5.41) is 3.42. The molecule has 0 aromatic rings. The van der Waals surface area contributed by atoms with Crippen molar-refractivity contribution >= 4 is 5.91 Å². The summed E-state index contributed by atoms with van der Waals surface area (Å²) in [4.78, 5) is 14.8. The topological polar surface area (TPSA) is 32.3 Å². The molecule has 0 radical (unpaired) electrons. The van der Waals surface area contributed by atoms with Crippen LogP contribution in [0.1, 0.15) is 52.9 Å². The van der Waals surface area contributed by atoms with Crippen LogP contribution in [0.15, 0.2) is 0 Å². The SMILES string of the molecule is CCC1CCNC(C(=O)N2CCCC(C)C2C)C1. The van der Waals surface area contributed by atoms with Crippen LogP contribution in [0, 0.1) is 11.8 Å². The Bertz CT molecular complexity index is 292. The summed E-state index contributed by atoms with van der Waals surface area (Å²) in [5.74, 6) is 1.73. The van der Waals surface area contributed by atoms with Gasteiger partial charge in [-0.2, -0.15) is 0 Å². The molecule has 4 unspecified atom stereocenters. The lowest BCUT2D eigenvalue weighted by atomic mass is 9.87. The first-order chi connectivity index (χ1) is 8.63. The third-order valence-electron chi connectivity index (χ3n) is 5.04. The highest BCUT2D eigenvalue weighted by atomic mass is 16.2. The maximum atomic E-state index is 12.6. The third kappa shape index (κ3) is 2.87. The summed E-state index contributed by atoms with van der Waals surface area (Å²) < 4.78 is 0. The fraction of sp³-hybridized carbons (Fsp3) is 0.933.